The van der Waals surface area contributed by atoms with Crippen LogP contribution in [0.4, 0.5) is 0 Å². The summed E-state index contributed by atoms with van der Waals surface area (Å²) in [5.74, 6) is 0.993. The predicted octanol–water partition coefficient (Wildman–Crippen LogP) is 5.37. The summed E-state index contributed by atoms with van der Waals surface area (Å²) >= 11 is 16.0. The Hall–Kier alpha value is 0.240. The van der Waals surface area contributed by atoms with E-state index >= 15 is 0 Å². The third-order valence-electron chi connectivity index (χ3n) is 3.32. The molecule has 0 aromatic heterocycles. The Labute approximate surface area is 134 Å². The summed E-state index contributed by atoms with van der Waals surface area (Å²) in [5.41, 5.74) is 0.939. The number of halogens is 3. The van der Waals surface area contributed by atoms with Gasteiger partial charge in [0, 0.05) is 34.9 Å². The van der Waals surface area contributed by atoms with Gasteiger partial charge in [-0.15, -0.1) is 23.2 Å². The summed E-state index contributed by atoms with van der Waals surface area (Å²) in [6.07, 6.45) is 3.09. The molecule has 0 saturated carbocycles. The fraction of sp³-hybridized carbons (Fsp3) is 0.600. The molecule has 0 aliphatic heterocycles. The standard InChI is InChI=1S/C15H21BrCl2O/c1-2-3-9-19-10-8-15(11-17,12-18)13-6-4-5-7-14(13)16/h4-7H,2-3,8-12H2,1H3. The highest BCUT2D eigenvalue weighted by Crippen LogP contribution is 2.35. The molecule has 0 atom stereocenters. The van der Waals surface area contributed by atoms with Crippen LogP contribution in [0.15, 0.2) is 28.7 Å². The summed E-state index contributed by atoms with van der Waals surface area (Å²) < 4.78 is 6.72. The highest BCUT2D eigenvalue weighted by Gasteiger charge is 2.32. The normalized spacial score (nSPS) is 11.8. The largest absolute Gasteiger partial charge is 0.381 e. The first-order valence-electron chi connectivity index (χ1n) is 6.65. The molecular weight excluding hydrogens is 347 g/mol. The van der Waals surface area contributed by atoms with Gasteiger partial charge in [0.1, 0.15) is 0 Å². The van der Waals surface area contributed by atoms with Gasteiger partial charge in [-0.25, -0.2) is 0 Å². The summed E-state index contributed by atoms with van der Waals surface area (Å²) in [6.45, 7) is 3.67. The van der Waals surface area contributed by atoms with Gasteiger partial charge in [0.25, 0.3) is 0 Å². The molecule has 0 radical (unpaired) electrons. The SMILES string of the molecule is CCCCOCCC(CCl)(CCl)c1ccccc1Br. The Morgan fingerprint density at radius 3 is 2.42 bits per heavy atom. The number of rotatable bonds is 9. The monoisotopic (exact) mass is 366 g/mol. The van der Waals surface area contributed by atoms with Gasteiger partial charge < -0.3 is 4.74 Å². The second-order valence-electron chi connectivity index (χ2n) is 4.74. The van der Waals surface area contributed by atoms with Crippen molar-refractivity contribution in [2.45, 2.75) is 31.6 Å². The minimum absolute atomic E-state index is 0.227. The van der Waals surface area contributed by atoms with E-state index in [1.807, 2.05) is 18.2 Å². The fourth-order valence-electron chi connectivity index (χ4n) is 1.96. The van der Waals surface area contributed by atoms with Crippen LogP contribution in [0.5, 0.6) is 0 Å². The molecule has 1 aromatic carbocycles. The highest BCUT2D eigenvalue weighted by atomic mass is 79.9. The van der Waals surface area contributed by atoms with Gasteiger partial charge in [-0.1, -0.05) is 47.5 Å². The van der Waals surface area contributed by atoms with Crippen LogP contribution in [0, 0.1) is 0 Å². The first-order valence-corrected chi connectivity index (χ1v) is 8.51. The molecule has 0 heterocycles. The maximum Gasteiger partial charge on any atom is 0.0475 e. The Bertz CT molecular complexity index is 367. The van der Waals surface area contributed by atoms with Gasteiger partial charge in [0.2, 0.25) is 0 Å². The summed E-state index contributed by atoms with van der Waals surface area (Å²) in [5, 5.41) is 0. The molecule has 1 nitrogen and oxygen atoms in total. The summed E-state index contributed by atoms with van der Waals surface area (Å²) in [7, 11) is 0. The van der Waals surface area contributed by atoms with E-state index in [9.17, 15) is 0 Å². The Morgan fingerprint density at radius 2 is 1.84 bits per heavy atom. The lowest BCUT2D eigenvalue weighted by Gasteiger charge is -2.31. The van der Waals surface area contributed by atoms with Crippen LogP contribution in [-0.4, -0.2) is 25.0 Å². The molecule has 108 valence electrons. The van der Waals surface area contributed by atoms with Crippen LogP contribution in [-0.2, 0) is 10.2 Å². The molecule has 0 spiro atoms. The minimum atomic E-state index is -0.227. The summed E-state index contributed by atoms with van der Waals surface area (Å²) in [4.78, 5) is 0. The first kappa shape index (κ1) is 17.3. The average Bonchev–Trinajstić information content (AvgIpc) is 2.44. The Kier molecular flexibility index (Phi) is 8.40. The molecule has 0 N–H and O–H groups in total. The molecule has 0 saturated heterocycles. The van der Waals surface area contributed by atoms with Crippen molar-refractivity contribution in [1.29, 1.82) is 0 Å². The maximum atomic E-state index is 6.21. The van der Waals surface area contributed by atoms with E-state index in [0.717, 1.165) is 30.3 Å². The molecule has 0 aliphatic carbocycles. The molecule has 0 amide bonds. The van der Waals surface area contributed by atoms with Crippen molar-refractivity contribution >= 4 is 39.1 Å². The molecule has 0 unspecified atom stereocenters. The van der Waals surface area contributed by atoms with Crippen molar-refractivity contribution in [2.24, 2.45) is 0 Å². The zero-order chi connectivity index (χ0) is 14.1. The highest BCUT2D eigenvalue weighted by molar-refractivity contribution is 9.10. The van der Waals surface area contributed by atoms with Crippen LogP contribution in [0.2, 0.25) is 0 Å². The molecular formula is C15H21BrCl2O. The Balaban J connectivity index is 2.71. The number of hydrogen-bond donors (Lipinski definition) is 0. The van der Waals surface area contributed by atoms with Crippen molar-refractivity contribution in [3.63, 3.8) is 0 Å². The Morgan fingerprint density at radius 1 is 1.16 bits per heavy atom. The van der Waals surface area contributed by atoms with Gasteiger partial charge in [-0.05, 0) is 24.5 Å². The van der Waals surface area contributed by atoms with E-state index in [1.165, 1.54) is 5.56 Å². The lowest BCUT2D eigenvalue weighted by Crippen LogP contribution is -2.32. The third-order valence-corrected chi connectivity index (χ3v) is 5.04. The zero-order valence-electron chi connectivity index (χ0n) is 11.3. The second-order valence-corrected chi connectivity index (χ2v) is 6.13. The van der Waals surface area contributed by atoms with Crippen LogP contribution >= 0.6 is 39.1 Å². The molecule has 19 heavy (non-hydrogen) atoms. The first-order chi connectivity index (χ1) is 9.20. The van der Waals surface area contributed by atoms with Gasteiger partial charge >= 0.3 is 0 Å². The zero-order valence-corrected chi connectivity index (χ0v) is 14.4. The topological polar surface area (TPSA) is 9.23 Å². The lowest BCUT2D eigenvalue weighted by atomic mass is 9.81. The van der Waals surface area contributed by atoms with Crippen LogP contribution in [0.1, 0.15) is 31.7 Å². The van der Waals surface area contributed by atoms with E-state index in [0.29, 0.717) is 18.4 Å². The van der Waals surface area contributed by atoms with Gasteiger partial charge in [-0.2, -0.15) is 0 Å². The van der Waals surface area contributed by atoms with E-state index in [4.69, 9.17) is 27.9 Å². The molecule has 4 heteroatoms. The minimum Gasteiger partial charge on any atom is -0.381 e. The number of hydrogen-bond acceptors (Lipinski definition) is 1. The van der Waals surface area contributed by atoms with E-state index in [-0.39, 0.29) is 5.41 Å². The van der Waals surface area contributed by atoms with Crippen molar-refractivity contribution in [3.05, 3.63) is 34.3 Å². The second kappa shape index (κ2) is 9.23. The van der Waals surface area contributed by atoms with Crippen LogP contribution in [0.25, 0.3) is 0 Å². The quantitative estimate of drug-likeness (QED) is 0.421. The molecule has 0 aliphatic rings. The van der Waals surface area contributed by atoms with Gasteiger partial charge in [0.05, 0.1) is 0 Å². The lowest BCUT2D eigenvalue weighted by molar-refractivity contribution is 0.116. The molecule has 1 aromatic rings. The van der Waals surface area contributed by atoms with Crippen molar-refractivity contribution < 1.29 is 4.74 Å². The molecule has 0 bridgehead atoms. The van der Waals surface area contributed by atoms with E-state index in [1.54, 1.807) is 0 Å². The average molecular weight is 368 g/mol. The van der Waals surface area contributed by atoms with E-state index in [2.05, 4.69) is 28.9 Å². The molecule has 0 fully saturated rings. The number of benzene rings is 1. The van der Waals surface area contributed by atoms with E-state index < -0.39 is 0 Å². The van der Waals surface area contributed by atoms with Crippen LogP contribution in [0.3, 0.4) is 0 Å². The van der Waals surface area contributed by atoms with Crippen LogP contribution < -0.4 is 0 Å². The summed E-state index contributed by atoms with van der Waals surface area (Å²) in [6, 6.07) is 8.13. The number of unbranched alkanes of at least 4 members (excludes halogenated alkanes) is 1. The smallest absolute Gasteiger partial charge is 0.0475 e. The van der Waals surface area contributed by atoms with Gasteiger partial charge in [0.15, 0.2) is 0 Å². The van der Waals surface area contributed by atoms with Gasteiger partial charge in [-0.3, -0.25) is 0 Å². The van der Waals surface area contributed by atoms with Crippen molar-refractivity contribution in [2.75, 3.05) is 25.0 Å². The third kappa shape index (κ3) is 4.93. The molecule has 1 rings (SSSR count). The number of ether oxygens (including phenoxy) is 1. The fourth-order valence-corrected chi connectivity index (χ4v) is 3.50. The van der Waals surface area contributed by atoms with Crippen molar-refractivity contribution in [3.8, 4) is 0 Å². The maximum absolute atomic E-state index is 6.21. The predicted molar refractivity (Wildman–Crippen MR) is 87.6 cm³/mol. The van der Waals surface area contributed by atoms with Crippen molar-refractivity contribution in [1.82, 2.24) is 0 Å². The number of alkyl halides is 2.